The van der Waals surface area contributed by atoms with Gasteiger partial charge in [-0.2, -0.15) is 4.98 Å². The van der Waals surface area contributed by atoms with Gasteiger partial charge in [-0.25, -0.2) is 4.98 Å². The Labute approximate surface area is 200 Å². The molecule has 0 spiro atoms. The molecule has 2 amide bonds. The zero-order valence-corrected chi connectivity index (χ0v) is 20.0. The molecule has 5 rings (SSSR count). The number of fused-ring (bicyclic) bond motifs is 3. The molecular formula is C25H33N7O2. The van der Waals surface area contributed by atoms with Crippen LogP contribution in [0.5, 0.6) is 0 Å². The Morgan fingerprint density at radius 3 is 2.68 bits per heavy atom. The monoisotopic (exact) mass is 463 g/mol. The van der Waals surface area contributed by atoms with E-state index in [0.29, 0.717) is 24.5 Å². The fourth-order valence-electron chi connectivity index (χ4n) is 5.25. The summed E-state index contributed by atoms with van der Waals surface area (Å²) in [5, 5.41) is 3.17. The van der Waals surface area contributed by atoms with E-state index in [1.807, 2.05) is 35.8 Å². The lowest BCUT2D eigenvalue weighted by atomic mass is 10.1. The Morgan fingerprint density at radius 2 is 1.91 bits per heavy atom. The molecule has 2 fully saturated rings. The molecule has 0 unspecified atom stereocenters. The summed E-state index contributed by atoms with van der Waals surface area (Å²) >= 11 is 0. The first-order valence-corrected chi connectivity index (χ1v) is 12.4. The van der Waals surface area contributed by atoms with Crippen LogP contribution in [0.4, 0.5) is 23.1 Å². The number of amides is 2. The van der Waals surface area contributed by atoms with E-state index >= 15 is 0 Å². The summed E-state index contributed by atoms with van der Waals surface area (Å²) in [6, 6.07) is 8.46. The summed E-state index contributed by atoms with van der Waals surface area (Å²) < 4.78 is 0. The van der Waals surface area contributed by atoms with Crippen LogP contribution in [0.2, 0.25) is 0 Å². The molecule has 0 aliphatic carbocycles. The van der Waals surface area contributed by atoms with Crippen LogP contribution in [0.15, 0.2) is 30.5 Å². The molecule has 34 heavy (non-hydrogen) atoms. The molecular weight excluding hydrogens is 430 g/mol. The minimum Gasteiger partial charge on any atom is -0.368 e. The number of benzene rings is 1. The number of carbonyl (C=O) groups is 2. The highest BCUT2D eigenvalue weighted by atomic mass is 16.2. The van der Waals surface area contributed by atoms with E-state index in [1.165, 1.54) is 0 Å². The van der Waals surface area contributed by atoms with E-state index in [0.717, 1.165) is 69.3 Å². The van der Waals surface area contributed by atoms with Crippen molar-refractivity contribution in [1.82, 2.24) is 14.9 Å². The first-order valence-electron chi connectivity index (χ1n) is 12.4. The van der Waals surface area contributed by atoms with Gasteiger partial charge in [-0.05, 0) is 38.0 Å². The predicted octanol–water partition coefficient (Wildman–Crippen LogP) is 2.60. The molecule has 180 valence electrons. The van der Waals surface area contributed by atoms with Gasteiger partial charge < -0.3 is 24.9 Å². The molecule has 0 bridgehead atoms. The number of anilines is 4. The van der Waals surface area contributed by atoms with Gasteiger partial charge in [0.15, 0.2) is 0 Å². The first kappa shape index (κ1) is 22.4. The minimum atomic E-state index is -0.0528. The average molecular weight is 464 g/mol. The maximum Gasteiger partial charge on any atom is 0.263 e. The van der Waals surface area contributed by atoms with Gasteiger partial charge in [0, 0.05) is 75.8 Å². The summed E-state index contributed by atoms with van der Waals surface area (Å²) in [6.45, 7) is 9.24. The standard InChI is InChI=1S/C25H33N7O2/c1-3-22(33)30-13-11-29(12-14-30)18-7-5-8-19(15-18)32-17-20-9-6-10-31(20)23-21(24(32)34)16-27-25(28-23)26-4-2/h5,7-8,15-16,20H,3-4,6,9-14,17H2,1-2H3,(H,26,27,28)/t20-/m0/s1. The summed E-state index contributed by atoms with van der Waals surface area (Å²) in [7, 11) is 0. The maximum atomic E-state index is 13.7. The van der Waals surface area contributed by atoms with E-state index in [4.69, 9.17) is 4.98 Å². The number of piperazine rings is 1. The second kappa shape index (κ2) is 9.48. The highest BCUT2D eigenvalue weighted by Crippen LogP contribution is 2.35. The predicted molar refractivity (Wildman–Crippen MR) is 134 cm³/mol. The lowest BCUT2D eigenvalue weighted by Gasteiger charge is -2.36. The number of rotatable bonds is 5. The van der Waals surface area contributed by atoms with E-state index in [1.54, 1.807) is 6.20 Å². The zero-order chi connectivity index (χ0) is 23.7. The Kier molecular flexibility index (Phi) is 6.26. The highest BCUT2D eigenvalue weighted by Gasteiger charge is 2.37. The Balaban J connectivity index is 1.42. The number of carbonyl (C=O) groups excluding carboxylic acids is 2. The van der Waals surface area contributed by atoms with Crippen LogP contribution in [0, 0.1) is 0 Å². The number of nitrogens with one attached hydrogen (secondary N) is 1. The molecule has 2 saturated heterocycles. The highest BCUT2D eigenvalue weighted by molar-refractivity contribution is 6.10. The topological polar surface area (TPSA) is 84.9 Å². The molecule has 9 nitrogen and oxygen atoms in total. The zero-order valence-electron chi connectivity index (χ0n) is 20.0. The Morgan fingerprint density at radius 1 is 1.12 bits per heavy atom. The van der Waals surface area contributed by atoms with Crippen molar-refractivity contribution in [3.05, 3.63) is 36.0 Å². The molecule has 4 heterocycles. The van der Waals surface area contributed by atoms with E-state index in [2.05, 4.69) is 32.2 Å². The van der Waals surface area contributed by atoms with Crippen molar-refractivity contribution >= 4 is 35.0 Å². The van der Waals surface area contributed by atoms with Gasteiger partial charge in [-0.1, -0.05) is 13.0 Å². The van der Waals surface area contributed by atoms with Crippen LogP contribution in [0.1, 0.15) is 43.5 Å². The van der Waals surface area contributed by atoms with Gasteiger partial charge in [0.1, 0.15) is 11.4 Å². The quantitative estimate of drug-likeness (QED) is 0.730. The third-order valence-electron chi connectivity index (χ3n) is 7.06. The van der Waals surface area contributed by atoms with Crippen molar-refractivity contribution in [3.63, 3.8) is 0 Å². The van der Waals surface area contributed by atoms with Crippen LogP contribution in [0.3, 0.4) is 0 Å². The molecule has 1 aromatic heterocycles. The lowest BCUT2D eigenvalue weighted by molar-refractivity contribution is -0.131. The third-order valence-corrected chi connectivity index (χ3v) is 7.06. The minimum absolute atomic E-state index is 0.0528. The van der Waals surface area contributed by atoms with Crippen molar-refractivity contribution < 1.29 is 9.59 Å². The first-order chi connectivity index (χ1) is 16.6. The third kappa shape index (κ3) is 4.15. The summed E-state index contributed by atoms with van der Waals surface area (Å²) in [5.74, 6) is 1.47. The molecule has 0 saturated carbocycles. The number of hydrogen-bond donors (Lipinski definition) is 1. The van der Waals surface area contributed by atoms with Gasteiger partial charge in [0.25, 0.3) is 5.91 Å². The Bertz CT molecular complexity index is 1070. The van der Waals surface area contributed by atoms with Crippen molar-refractivity contribution in [2.24, 2.45) is 0 Å². The Hall–Kier alpha value is -3.36. The number of aromatic nitrogens is 2. The molecule has 3 aliphatic rings. The average Bonchev–Trinajstić information content (AvgIpc) is 3.31. The summed E-state index contributed by atoms with van der Waals surface area (Å²) in [5.41, 5.74) is 2.54. The van der Waals surface area contributed by atoms with E-state index < -0.39 is 0 Å². The van der Waals surface area contributed by atoms with Gasteiger partial charge >= 0.3 is 0 Å². The van der Waals surface area contributed by atoms with Crippen molar-refractivity contribution in [2.75, 3.05) is 65.8 Å². The lowest BCUT2D eigenvalue weighted by Crippen LogP contribution is -2.48. The molecule has 2 aromatic rings. The molecule has 1 aromatic carbocycles. The summed E-state index contributed by atoms with van der Waals surface area (Å²) in [4.78, 5) is 43.3. The maximum absolute atomic E-state index is 13.7. The SMILES string of the molecule is CCNc1ncc2c(n1)N1CCC[C@H]1CN(c1cccc(N3CCN(C(=O)CC)CC3)c1)C2=O. The normalized spacial score (nSPS) is 20.2. The van der Waals surface area contributed by atoms with Crippen LogP contribution in [-0.4, -0.2) is 78.5 Å². The molecule has 1 atom stereocenters. The van der Waals surface area contributed by atoms with Gasteiger partial charge in [0.05, 0.1) is 0 Å². The van der Waals surface area contributed by atoms with Gasteiger partial charge in [-0.15, -0.1) is 0 Å². The van der Waals surface area contributed by atoms with E-state index in [-0.39, 0.29) is 17.9 Å². The van der Waals surface area contributed by atoms with E-state index in [9.17, 15) is 9.59 Å². The van der Waals surface area contributed by atoms with Crippen LogP contribution < -0.4 is 20.0 Å². The number of hydrogen-bond acceptors (Lipinski definition) is 7. The smallest absolute Gasteiger partial charge is 0.263 e. The van der Waals surface area contributed by atoms with Crippen molar-refractivity contribution in [3.8, 4) is 0 Å². The molecule has 1 N–H and O–H groups in total. The van der Waals surface area contributed by atoms with Crippen molar-refractivity contribution in [1.29, 1.82) is 0 Å². The molecule has 9 heteroatoms. The summed E-state index contributed by atoms with van der Waals surface area (Å²) in [6.07, 6.45) is 4.35. The fourth-order valence-corrected chi connectivity index (χ4v) is 5.25. The van der Waals surface area contributed by atoms with Crippen LogP contribution >= 0.6 is 0 Å². The fraction of sp³-hybridized carbons (Fsp3) is 0.520. The van der Waals surface area contributed by atoms with Crippen LogP contribution in [-0.2, 0) is 4.79 Å². The van der Waals surface area contributed by atoms with Crippen LogP contribution in [0.25, 0.3) is 0 Å². The van der Waals surface area contributed by atoms with Crippen molar-refractivity contribution in [2.45, 2.75) is 39.2 Å². The number of nitrogens with zero attached hydrogens (tertiary/aromatic N) is 6. The second-order valence-electron chi connectivity index (χ2n) is 9.11. The molecule has 3 aliphatic heterocycles. The van der Waals surface area contributed by atoms with Gasteiger partial charge in [0.2, 0.25) is 11.9 Å². The second-order valence-corrected chi connectivity index (χ2v) is 9.11. The molecule has 0 radical (unpaired) electrons. The van der Waals surface area contributed by atoms with Gasteiger partial charge in [-0.3, -0.25) is 9.59 Å². The largest absolute Gasteiger partial charge is 0.368 e.